The minimum Gasteiger partial charge on any atom is -0.309 e. The van der Waals surface area contributed by atoms with Gasteiger partial charge in [0.05, 0.1) is 22.1 Å². The zero-order valence-corrected chi connectivity index (χ0v) is 21.9. The molecule has 0 unspecified atom stereocenters. The number of benzene rings is 4. The maximum atomic E-state index is 5.16. The van der Waals surface area contributed by atoms with Crippen molar-refractivity contribution in [3.8, 4) is 16.8 Å². The quantitative estimate of drug-likeness (QED) is 0.204. The van der Waals surface area contributed by atoms with E-state index in [4.69, 9.17) is 15.0 Å². The highest BCUT2D eigenvalue weighted by Crippen LogP contribution is 2.48. The van der Waals surface area contributed by atoms with Gasteiger partial charge in [-0.25, -0.2) is 9.97 Å². The number of para-hydroxylation sites is 2. The van der Waals surface area contributed by atoms with E-state index >= 15 is 0 Å². The molecule has 9 aromatic rings. The van der Waals surface area contributed by atoms with Crippen LogP contribution in [0.25, 0.3) is 77.2 Å². The summed E-state index contributed by atoms with van der Waals surface area (Å²) in [4.78, 5) is 14.8. The molecular weight excluding hydrogens is 502 g/mol. The van der Waals surface area contributed by atoms with E-state index in [-0.39, 0.29) is 0 Å². The average molecular weight is 524 g/mol. The second kappa shape index (κ2) is 7.55. The van der Waals surface area contributed by atoms with Crippen molar-refractivity contribution in [1.29, 1.82) is 0 Å². The monoisotopic (exact) mass is 523 g/mol. The van der Waals surface area contributed by atoms with Crippen LogP contribution in [0.5, 0.6) is 0 Å². The van der Waals surface area contributed by atoms with Crippen molar-refractivity contribution < 1.29 is 0 Å². The van der Waals surface area contributed by atoms with Crippen molar-refractivity contribution in [2.24, 2.45) is 0 Å². The molecule has 0 N–H and O–H groups in total. The Bertz CT molecular complexity index is 2550. The van der Waals surface area contributed by atoms with Crippen LogP contribution in [-0.2, 0) is 6.42 Å². The van der Waals surface area contributed by atoms with E-state index in [1.165, 1.54) is 55.1 Å². The summed E-state index contributed by atoms with van der Waals surface area (Å²) in [5.74, 6) is 0. The van der Waals surface area contributed by atoms with E-state index in [0.717, 1.165) is 39.7 Å². The second-order valence-corrected chi connectivity index (χ2v) is 10.9. The summed E-state index contributed by atoms with van der Waals surface area (Å²) in [5.41, 5.74) is 13.6. The van der Waals surface area contributed by atoms with Crippen molar-refractivity contribution in [2.75, 3.05) is 0 Å². The number of imidazole rings is 1. The summed E-state index contributed by atoms with van der Waals surface area (Å²) in [6.07, 6.45) is 4.57. The number of hydrogen-bond acceptors (Lipinski definition) is 3. The fourth-order valence-electron chi connectivity index (χ4n) is 7.22. The zero-order valence-electron chi connectivity index (χ0n) is 21.9. The molecule has 0 radical (unpaired) electrons. The first-order valence-corrected chi connectivity index (χ1v) is 13.9. The van der Waals surface area contributed by atoms with Crippen LogP contribution in [-0.4, -0.2) is 23.9 Å². The molecule has 5 aromatic heterocycles. The lowest BCUT2D eigenvalue weighted by Gasteiger charge is -2.12. The molecule has 10 rings (SSSR count). The third-order valence-corrected chi connectivity index (χ3v) is 8.81. The third-order valence-electron chi connectivity index (χ3n) is 8.81. The molecule has 0 saturated carbocycles. The molecular formula is C36H21N5. The first-order valence-electron chi connectivity index (χ1n) is 13.9. The highest BCUT2D eigenvalue weighted by Gasteiger charge is 2.28. The van der Waals surface area contributed by atoms with E-state index < -0.39 is 0 Å². The molecule has 0 atom stereocenters. The van der Waals surface area contributed by atoms with Crippen LogP contribution < -0.4 is 0 Å². The lowest BCUT2D eigenvalue weighted by Crippen LogP contribution is -1.96. The molecule has 0 bridgehead atoms. The Balaban J connectivity index is 1.38. The molecule has 0 saturated heterocycles. The van der Waals surface area contributed by atoms with Crippen molar-refractivity contribution in [3.05, 3.63) is 127 Å². The lowest BCUT2D eigenvalue weighted by molar-refractivity contribution is 1.18. The molecule has 5 heteroatoms. The van der Waals surface area contributed by atoms with Crippen LogP contribution in [0.1, 0.15) is 11.1 Å². The van der Waals surface area contributed by atoms with Gasteiger partial charge >= 0.3 is 0 Å². The highest BCUT2D eigenvalue weighted by atomic mass is 15.1. The van der Waals surface area contributed by atoms with Gasteiger partial charge in [-0.15, -0.1) is 0 Å². The van der Waals surface area contributed by atoms with Gasteiger partial charge in [0.15, 0.2) is 5.65 Å². The standard InChI is InChI=1S/C36H21N5/c1-2-8-22(9-3-1)40-28-12-5-4-10-24(28)33-29(40)17-14-21-20-26-23(31(21)33)15-16-25-32(26)36-39-27-11-6-19-38-35(27)41(36)30-13-7-18-37-34(25)30/h1-19H,20H2. The largest absolute Gasteiger partial charge is 0.309 e. The van der Waals surface area contributed by atoms with Gasteiger partial charge in [-0.1, -0.05) is 54.6 Å². The normalized spacial score (nSPS) is 12.8. The van der Waals surface area contributed by atoms with Gasteiger partial charge in [-0.05, 0) is 77.2 Å². The van der Waals surface area contributed by atoms with Crippen molar-refractivity contribution in [1.82, 2.24) is 23.9 Å². The topological polar surface area (TPSA) is 48.0 Å². The van der Waals surface area contributed by atoms with Crippen molar-refractivity contribution in [3.63, 3.8) is 0 Å². The fraction of sp³-hybridized carbons (Fsp3) is 0.0278. The van der Waals surface area contributed by atoms with Gasteiger partial charge < -0.3 is 4.57 Å². The summed E-state index contributed by atoms with van der Waals surface area (Å²) in [6.45, 7) is 0. The molecule has 1 aliphatic rings. The second-order valence-electron chi connectivity index (χ2n) is 10.9. The van der Waals surface area contributed by atoms with Gasteiger partial charge in [0, 0.05) is 39.6 Å². The van der Waals surface area contributed by atoms with E-state index in [1.54, 1.807) is 0 Å². The molecule has 5 heterocycles. The molecule has 0 spiro atoms. The number of fused-ring (bicyclic) bond motifs is 16. The predicted octanol–water partition coefficient (Wildman–Crippen LogP) is 8.25. The molecule has 0 aliphatic heterocycles. The highest BCUT2D eigenvalue weighted by molar-refractivity contribution is 6.21. The Morgan fingerprint density at radius 1 is 0.585 bits per heavy atom. The summed E-state index contributed by atoms with van der Waals surface area (Å²) in [7, 11) is 0. The van der Waals surface area contributed by atoms with Crippen LogP contribution in [0.3, 0.4) is 0 Å². The summed E-state index contributed by atoms with van der Waals surface area (Å²) < 4.78 is 4.59. The molecule has 41 heavy (non-hydrogen) atoms. The fourth-order valence-corrected chi connectivity index (χ4v) is 7.22. The van der Waals surface area contributed by atoms with Crippen LogP contribution in [0, 0.1) is 0 Å². The molecule has 1 aliphatic carbocycles. The Morgan fingerprint density at radius 3 is 2.37 bits per heavy atom. The van der Waals surface area contributed by atoms with Gasteiger partial charge in [0.2, 0.25) is 0 Å². The Morgan fingerprint density at radius 2 is 1.41 bits per heavy atom. The molecule has 4 aromatic carbocycles. The minimum absolute atomic E-state index is 0.855. The molecule has 0 fully saturated rings. The van der Waals surface area contributed by atoms with Crippen LogP contribution in [0.4, 0.5) is 0 Å². The number of aromatic nitrogens is 5. The summed E-state index contributed by atoms with van der Waals surface area (Å²) in [5, 5.41) is 4.89. The number of rotatable bonds is 1. The Labute approximate surface area is 234 Å². The maximum absolute atomic E-state index is 5.16. The average Bonchev–Trinajstić information content (AvgIpc) is 3.71. The van der Waals surface area contributed by atoms with Gasteiger partial charge in [0.1, 0.15) is 11.2 Å². The first-order chi connectivity index (χ1) is 20.4. The molecule has 190 valence electrons. The van der Waals surface area contributed by atoms with Crippen LogP contribution >= 0.6 is 0 Å². The van der Waals surface area contributed by atoms with Crippen LogP contribution in [0.15, 0.2) is 116 Å². The number of pyridine rings is 3. The van der Waals surface area contributed by atoms with Crippen LogP contribution in [0.2, 0.25) is 0 Å². The zero-order chi connectivity index (χ0) is 26.7. The first kappa shape index (κ1) is 21.3. The molecule has 5 nitrogen and oxygen atoms in total. The Kier molecular flexibility index (Phi) is 3.92. The number of nitrogens with zero attached hydrogens (tertiary/aromatic N) is 5. The van der Waals surface area contributed by atoms with Gasteiger partial charge in [0.25, 0.3) is 0 Å². The minimum atomic E-state index is 0.855. The molecule has 0 amide bonds. The Hall–Kier alpha value is -5.55. The maximum Gasteiger partial charge on any atom is 0.165 e. The van der Waals surface area contributed by atoms with E-state index in [9.17, 15) is 0 Å². The van der Waals surface area contributed by atoms with Crippen molar-refractivity contribution >= 4 is 60.4 Å². The van der Waals surface area contributed by atoms with E-state index in [1.807, 2.05) is 30.6 Å². The van der Waals surface area contributed by atoms with E-state index in [0.29, 0.717) is 0 Å². The van der Waals surface area contributed by atoms with Gasteiger partial charge in [-0.3, -0.25) is 9.38 Å². The van der Waals surface area contributed by atoms with E-state index in [2.05, 4.69) is 93.9 Å². The summed E-state index contributed by atoms with van der Waals surface area (Å²) >= 11 is 0. The lowest BCUT2D eigenvalue weighted by atomic mass is 9.96. The smallest absolute Gasteiger partial charge is 0.165 e. The van der Waals surface area contributed by atoms with Gasteiger partial charge in [-0.2, -0.15) is 0 Å². The SMILES string of the molecule is c1ccc(-n2c3ccccc3c3c4c(ccc32)Cc2c-4ccc3c4ncccc4n4c5ncccc5nc4c23)cc1. The predicted molar refractivity (Wildman–Crippen MR) is 166 cm³/mol. The third kappa shape index (κ3) is 2.63. The number of hydrogen-bond donors (Lipinski definition) is 0. The summed E-state index contributed by atoms with van der Waals surface area (Å²) in [6, 6.07) is 36.7. The van der Waals surface area contributed by atoms with Crippen molar-refractivity contribution in [2.45, 2.75) is 6.42 Å².